The zero-order valence-electron chi connectivity index (χ0n) is 18.7. The normalized spacial score (nSPS) is 13.8. The van der Waals surface area contributed by atoms with Crippen LogP contribution in [0.15, 0.2) is 72.8 Å². The Morgan fingerprint density at radius 1 is 0.970 bits per heavy atom. The SMILES string of the molecule is CCCCNC(=O)c1ccc2c(c1)/C(=C(/Nc1ccc(CN)cc1)c1ccccc1)C(=O)N2. The average molecular weight is 441 g/mol. The molecular weight excluding hydrogens is 412 g/mol. The number of amides is 2. The number of nitrogens with one attached hydrogen (secondary N) is 3. The molecule has 0 fully saturated rings. The minimum Gasteiger partial charge on any atom is -0.354 e. The fourth-order valence-corrected chi connectivity index (χ4v) is 3.79. The largest absolute Gasteiger partial charge is 0.354 e. The molecule has 0 bridgehead atoms. The van der Waals surface area contributed by atoms with Crippen molar-refractivity contribution < 1.29 is 9.59 Å². The van der Waals surface area contributed by atoms with Crippen molar-refractivity contribution in [1.29, 1.82) is 0 Å². The lowest BCUT2D eigenvalue weighted by Gasteiger charge is -2.15. The Morgan fingerprint density at radius 3 is 2.42 bits per heavy atom. The lowest BCUT2D eigenvalue weighted by atomic mass is 9.98. The monoisotopic (exact) mass is 440 g/mol. The Balaban J connectivity index is 1.78. The minimum absolute atomic E-state index is 0.142. The smallest absolute Gasteiger partial charge is 0.258 e. The van der Waals surface area contributed by atoms with Gasteiger partial charge in [-0.3, -0.25) is 9.59 Å². The third-order valence-corrected chi connectivity index (χ3v) is 5.61. The third kappa shape index (κ3) is 4.96. The number of unbranched alkanes of at least 4 members (excludes halogenated alkanes) is 1. The maximum Gasteiger partial charge on any atom is 0.258 e. The molecule has 4 rings (SSSR count). The highest BCUT2D eigenvalue weighted by Crippen LogP contribution is 2.38. The van der Waals surface area contributed by atoms with Gasteiger partial charge in [0.2, 0.25) is 0 Å². The Labute approximate surface area is 193 Å². The van der Waals surface area contributed by atoms with Gasteiger partial charge in [-0.1, -0.05) is 55.8 Å². The second kappa shape index (κ2) is 10.1. The van der Waals surface area contributed by atoms with Crippen LogP contribution in [0.1, 0.15) is 46.8 Å². The van der Waals surface area contributed by atoms with E-state index < -0.39 is 0 Å². The van der Waals surface area contributed by atoms with Crippen LogP contribution in [-0.2, 0) is 11.3 Å². The molecule has 6 nitrogen and oxygen atoms in total. The van der Waals surface area contributed by atoms with Gasteiger partial charge in [0.25, 0.3) is 11.8 Å². The molecule has 0 saturated carbocycles. The fraction of sp³-hybridized carbons (Fsp3) is 0.185. The number of benzene rings is 3. The Hall–Kier alpha value is -3.90. The van der Waals surface area contributed by atoms with Crippen LogP contribution >= 0.6 is 0 Å². The molecule has 0 radical (unpaired) electrons. The number of rotatable bonds is 8. The molecule has 1 aliphatic rings. The molecule has 33 heavy (non-hydrogen) atoms. The molecule has 3 aromatic rings. The van der Waals surface area contributed by atoms with E-state index in [-0.39, 0.29) is 11.8 Å². The van der Waals surface area contributed by atoms with Crippen molar-refractivity contribution in [2.75, 3.05) is 17.2 Å². The number of hydrogen-bond acceptors (Lipinski definition) is 4. The maximum atomic E-state index is 13.1. The van der Waals surface area contributed by atoms with Crippen molar-refractivity contribution >= 4 is 34.5 Å². The van der Waals surface area contributed by atoms with Gasteiger partial charge < -0.3 is 21.7 Å². The van der Waals surface area contributed by atoms with Crippen LogP contribution in [0.25, 0.3) is 11.3 Å². The van der Waals surface area contributed by atoms with Gasteiger partial charge in [-0.25, -0.2) is 0 Å². The van der Waals surface area contributed by atoms with E-state index in [1.807, 2.05) is 54.6 Å². The first-order valence-electron chi connectivity index (χ1n) is 11.2. The van der Waals surface area contributed by atoms with Crippen molar-refractivity contribution in [3.05, 3.63) is 95.1 Å². The molecule has 0 saturated heterocycles. The summed E-state index contributed by atoms with van der Waals surface area (Å²) in [6.07, 6.45) is 1.93. The van der Waals surface area contributed by atoms with Crippen LogP contribution in [0, 0.1) is 0 Å². The number of carbonyl (C=O) groups excluding carboxylic acids is 2. The summed E-state index contributed by atoms with van der Waals surface area (Å²) >= 11 is 0. The summed E-state index contributed by atoms with van der Waals surface area (Å²) < 4.78 is 0. The number of carbonyl (C=O) groups is 2. The summed E-state index contributed by atoms with van der Waals surface area (Å²) in [6, 6.07) is 22.8. The Kier molecular flexibility index (Phi) is 6.86. The number of hydrogen-bond donors (Lipinski definition) is 4. The van der Waals surface area contributed by atoms with Crippen molar-refractivity contribution in [1.82, 2.24) is 5.32 Å². The molecule has 5 N–H and O–H groups in total. The standard InChI is InChI=1S/C27H28N4O2/c1-2-3-15-29-26(32)20-11-14-23-22(16-20)24(27(33)31-23)25(19-7-5-4-6-8-19)30-21-12-9-18(17-28)10-13-21/h4-14,16,30H,2-3,15,17,28H2,1H3,(H,29,32)(H,31,33)/b25-24-. The van der Waals surface area contributed by atoms with Gasteiger partial charge in [0.05, 0.1) is 11.3 Å². The Morgan fingerprint density at radius 2 is 1.73 bits per heavy atom. The zero-order chi connectivity index (χ0) is 23.2. The number of fused-ring (bicyclic) bond motifs is 1. The summed E-state index contributed by atoms with van der Waals surface area (Å²) in [5.41, 5.74) is 11.6. The summed E-state index contributed by atoms with van der Waals surface area (Å²) in [7, 11) is 0. The Bertz CT molecular complexity index is 1180. The van der Waals surface area contributed by atoms with Gasteiger partial charge in [0.15, 0.2) is 0 Å². The van der Waals surface area contributed by atoms with Crippen LogP contribution in [0.2, 0.25) is 0 Å². The lowest BCUT2D eigenvalue weighted by Crippen LogP contribution is -2.24. The highest BCUT2D eigenvalue weighted by molar-refractivity contribution is 6.37. The second-order valence-electron chi connectivity index (χ2n) is 7.97. The van der Waals surface area contributed by atoms with Gasteiger partial charge in [-0.05, 0) is 47.9 Å². The van der Waals surface area contributed by atoms with Crippen molar-refractivity contribution in [3.63, 3.8) is 0 Å². The van der Waals surface area contributed by atoms with Gasteiger partial charge >= 0.3 is 0 Å². The molecule has 2 amide bonds. The van der Waals surface area contributed by atoms with E-state index in [4.69, 9.17) is 5.73 Å². The topological polar surface area (TPSA) is 96.2 Å². The molecule has 0 unspecified atom stereocenters. The number of nitrogens with two attached hydrogens (primary N) is 1. The zero-order valence-corrected chi connectivity index (χ0v) is 18.7. The predicted molar refractivity (Wildman–Crippen MR) is 134 cm³/mol. The van der Waals surface area contributed by atoms with Gasteiger partial charge in [-0.15, -0.1) is 0 Å². The van der Waals surface area contributed by atoms with Gasteiger partial charge in [0.1, 0.15) is 0 Å². The van der Waals surface area contributed by atoms with Crippen LogP contribution < -0.4 is 21.7 Å². The van der Waals surface area contributed by atoms with E-state index in [2.05, 4.69) is 22.9 Å². The van der Waals surface area contributed by atoms with Gasteiger partial charge in [0, 0.05) is 35.6 Å². The highest BCUT2D eigenvalue weighted by atomic mass is 16.2. The fourth-order valence-electron chi connectivity index (χ4n) is 3.79. The average Bonchev–Trinajstić information content (AvgIpc) is 3.18. The number of anilines is 2. The van der Waals surface area contributed by atoms with E-state index in [0.29, 0.717) is 41.2 Å². The first kappa shape index (κ1) is 22.3. The van der Waals surface area contributed by atoms with E-state index in [1.54, 1.807) is 18.2 Å². The summed E-state index contributed by atoms with van der Waals surface area (Å²) in [6.45, 7) is 3.17. The molecule has 1 heterocycles. The molecule has 6 heteroatoms. The molecule has 0 aliphatic carbocycles. The molecule has 0 spiro atoms. The van der Waals surface area contributed by atoms with Crippen molar-refractivity contribution in [3.8, 4) is 0 Å². The minimum atomic E-state index is -0.210. The maximum absolute atomic E-state index is 13.1. The lowest BCUT2D eigenvalue weighted by molar-refractivity contribution is -0.110. The van der Waals surface area contributed by atoms with E-state index >= 15 is 0 Å². The van der Waals surface area contributed by atoms with Crippen LogP contribution in [0.4, 0.5) is 11.4 Å². The second-order valence-corrected chi connectivity index (χ2v) is 7.97. The van der Waals surface area contributed by atoms with E-state index in [1.165, 1.54) is 0 Å². The summed E-state index contributed by atoms with van der Waals surface area (Å²) in [5.74, 6) is -0.352. The van der Waals surface area contributed by atoms with Gasteiger partial charge in [-0.2, -0.15) is 0 Å². The molecule has 3 aromatic carbocycles. The third-order valence-electron chi connectivity index (χ3n) is 5.61. The first-order chi connectivity index (χ1) is 16.1. The van der Waals surface area contributed by atoms with E-state index in [9.17, 15) is 9.59 Å². The summed E-state index contributed by atoms with van der Waals surface area (Å²) in [4.78, 5) is 25.7. The molecule has 168 valence electrons. The van der Waals surface area contributed by atoms with Crippen LogP contribution in [0.3, 0.4) is 0 Å². The predicted octanol–water partition coefficient (Wildman–Crippen LogP) is 4.61. The highest BCUT2D eigenvalue weighted by Gasteiger charge is 2.29. The molecular formula is C27H28N4O2. The molecule has 1 aliphatic heterocycles. The van der Waals surface area contributed by atoms with Crippen molar-refractivity contribution in [2.45, 2.75) is 26.3 Å². The molecule has 0 aromatic heterocycles. The van der Waals surface area contributed by atoms with Crippen LogP contribution in [-0.4, -0.2) is 18.4 Å². The first-order valence-corrected chi connectivity index (χ1v) is 11.2. The van der Waals surface area contributed by atoms with E-state index in [0.717, 1.165) is 29.7 Å². The van der Waals surface area contributed by atoms with Crippen molar-refractivity contribution in [2.24, 2.45) is 5.73 Å². The van der Waals surface area contributed by atoms with Crippen LogP contribution in [0.5, 0.6) is 0 Å². The molecule has 0 atom stereocenters. The summed E-state index contributed by atoms with van der Waals surface area (Å²) in [5, 5.41) is 9.31. The quantitative estimate of drug-likeness (QED) is 0.304.